The molecular formula is C19H19N3O4. The van der Waals surface area contributed by atoms with Crippen molar-refractivity contribution in [3.8, 4) is 11.5 Å². The minimum absolute atomic E-state index is 0.120. The average Bonchev–Trinajstić information content (AvgIpc) is 2.65. The first kappa shape index (κ1) is 17.3. The normalized spacial score (nSPS) is 14.9. The van der Waals surface area contributed by atoms with Crippen LogP contribution in [0.2, 0.25) is 0 Å². The van der Waals surface area contributed by atoms with Crippen molar-refractivity contribution in [2.24, 2.45) is 0 Å². The molecule has 0 radical (unpaired) electrons. The number of ether oxygens (including phenoxy) is 2. The van der Waals surface area contributed by atoms with Gasteiger partial charge in [-0.3, -0.25) is 20.4 Å². The highest BCUT2D eigenvalue weighted by molar-refractivity contribution is 5.89. The summed E-state index contributed by atoms with van der Waals surface area (Å²) in [6.45, 7) is 5.44. The minimum atomic E-state index is -0.768. The molecular weight excluding hydrogens is 334 g/mol. The number of carbonyl (C=O) groups excluding carboxylic acids is 2. The lowest BCUT2D eigenvalue weighted by Gasteiger charge is -2.25. The van der Waals surface area contributed by atoms with Gasteiger partial charge in [0.15, 0.2) is 11.5 Å². The topological polar surface area (TPSA) is 88.7 Å². The number of anilines is 1. The lowest BCUT2D eigenvalue weighted by Crippen LogP contribution is -2.48. The van der Waals surface area contributed by atoms with E-state index in [0.717, 1.165) is 5.56 Å². The smallest absolute Gasteiger partial charge is 0.282 e. The summed E-state index contributed by atoms with van der Waals surface area (Å²) in [6, 6.07) is 14.3. The van der Waals surface area contributed by atoms with Crippen LogP contribution in [0.1, 0.15) is 12.5 Å². The van der Waals surface area contributed by atoms with Crippen molar-refractivity contribution in [3.63, 3.8) is 0 Å². The van der Waals surface area contributed by atoms with Crippen molar-refractivity contribution in [2.75, 3.05) is 11.9 Å². The zero-order valence-corrected chi connectivity index (χ0v) is 14.2. The number of hydrazine groups is 1. The van der Waals surface area contributed by atoms with Crippen LogP contribution in [0.25, 0.3) is 5.70 Å². The molecule has 7 heteroatoms. The van der Waals surface area contributed by atoms with Gasteiger partial charge in [-0.1, -0.05) is 30.8 Å². The lowest BCUT2D eigenvalue weighted by atomic mass is 10.1. The summed E-state index contributed by atoms with van der Waals surface area (Å²) in [4.78, 5) is 23.4. The Morgan fingerprint density at radius 2 is 1.85 bits per heavy atom. The summed E-state index contributed by atoms with van der Waals surface area (Å²) in [5.74, 6) is 0.604. The average molecular weight is 353 g/mol. The van der Waals surface area contributed by atoms with Crippen LogP contribution in [0.4, 0.5) is 5.69 Å². The summed E-state index contributed by atoms with van der Waals surface area (Å²) in [6.07, 6.45) is -0.768. The third kappa shape index (κ3) is 4.13. The van der Waals surface area contributed by atoms with E-state index in [0.29, 0.717) is 22.9 Å². The third-order valence-corrected chi connectivity index (χ3v) is 3.67. The first-order valence-electron chi connectivity index (χ1n) is 8.04. The molecule has 2 amide bonds. The van der Waals surface area contributed by atoms with Crippen LogP contribution in [0, 0.1) is 0 Å². The number of para-hydroxylation sites is 2. The largest absolute Gasteiger partial charge is 0.485 e. The van der Waals surface area contributed by atoms with Crippen molar-refractivity contribution >= 4 is 23.2 Å². The van der Waals surface area contributed by atoms with Gasteiger partial charge in [0.25, 0.3) is 5.91 Å². The van der Waals surface area contributed by atoms with E-state index in [1.165, 1.54) is 6.92 Å². The zero-order valence-electron chi connectivity index (χ0n) is 14.2. The number of carbonyl (C=O) groups is 2. The van der Waals surface area contributed by atoms with Gasteiger partial charge in [-0.25, -0.2) is 0 Å². The van der Waals surface area contributed by atoms with Crippen LogP contribution >= 0.6 is 0 Å². The van der Waals surface area contributed by atoms with Crippen molar-refractivity contribution in [2.45, 2.75) is 13.0 Å². The van der Waals surface area contributed by atoms with Gasteiger partial charge in [0.1, 0.15) is 6.61 Å². The van der Waals surface area contributed by atoms with E-state index in [1.54, 1.807) is 30.3 Å². The number of hydrogen-bond donors (Lipinski definition) is 3. The molecule has 0 spiro atoms. The fourth-order valence-corrected chi connectivity index (χ4v) is 2.43. The van der Waals surface area contributed by atoms with Crippen LogP contribution in [0.3, 0.4) is 0 Å². The zero-order chi connectivity index (χ0) is 18.5. The Kier molecular flexibility index (Phi) is 5.07. The fourth-order valence-electron chi connectivity index (χ4n) is 2.43. The first-order chi connectivity index (χ1) is 12.5. The quantitative estimate of drug-likeness (QED) is 0.716. The van der Waals surface area contributed by atoms with Crippen LogP contribution in [0.5, 0.6) is 11.5 Å². The van der Waals surface area contributed by atoms with E-state index in [-0.39, 0.29) is 18.4 Å². The SMILES string of the molecule is C=C(NNC(=O)[C@H]1COc2ccccc2O1)c1cccc(NC(C)=O)c1. The lowest BCUT2D eigenvalue weighted by molar-refractivity contribution is -0.131. The van der Waals surface area contributed by atoms with E-state index in [9.17, 15) is 9.59 Å². The number of fused-ring (bicyclic) bond motifs is 1. The maximum atomic E-state index is 12.3. The summed E-state index contributed by atoms with van der Waals surface area (Å²) < 4.78 is 11.2. The van der Waals surface area contributed by atoms with Gasteiger partial charge in [0, 0.05) is 18.2 Å². The molecule has 0 bridgehead atoms. The Morgan fingerprint density at radius 1 is 1.08 bits per heavy atom. The third-order valence-electron chi connectivity index (χ3n) is 3.67. The minimum Gasteiger partial charge on any atom is -0.485 e. The second-order valence-corrected chi connectivity index (χ2v) is 5.72. The van der Waals surface area contributed by atoms with E-state index >= 15 is 0 Å². The predicted molar refractivity (Wildman–Crippen MR) is 97.4 cm³/mol. The molecule has 3 N–H and O–H groups in total. The number of rotatable bonds is 5. The maximum absolute atomic E-state index is 12.3. The molecule has 1 aliphatic heterocycles. The van der Waals surface area contributed by atoms with Gasteiger partial charge in [-0.05, 0) is 24.3 Å². The van der Waals surface area contributed by atoms with E-state index < -0.39 is 6.10 Å². The molecule has 0 aliphatic carbocycles. The molecule has 0 saturated carbocycles. The number of amides is 2. The molecule has 0 fully saturated rings. The fraction of sp³-hybridized carbons (Fsp3) is 0.158. The van der Waals surface area contributed by atoms with Crippen molar-refractivity contribution in [1.82, 2.24) is 10.9 Å². The van der Waals surface area contributed by atoms with Crippen molar-refractivity contribution < 1.29 is 19.1 Å². The molecule has 1 aliphatic rings. The highest BCUT2D eigenvalue weighted by Gasteiger charge is 2.27. The summed E-state index contributed by atoms with van der Waals surface area (Å²) >= 11 is 0. The summed E-state index contributed by atoms with van der Waals surface area (Å²) in [7, 11) is 0. The van der Waals surface area contributed by atoms with Crippen LogP contribution in [-0.4, -0.2) is 24.5 Å². The van der Waals surface area contributed by atoms with Crippen molar-refractivity contribution in [1.29, 1.82) is 0 Å². The Bertz CT molecular complexity index is 850. The molecule has 0 saturated heterocycles. The monoisotopic (exact) mass is 353 g/mol. The molecule has 26 heavy (non-hydrogen) atoms. The second-order valence-electron chi connectivity index (χ2n) is 5.72. The highest BCUT2D eigenvalue weighted by atomic mass is 16.6. The highest BCUT2D eigenvalue weighted by Crippen LogP contribution is 2.30. The molecule has 134 valence electrons. The molecule has 1 atom stereocenters. The Morgan fingerprint density at radius 3 is 2.62 bits per heavy atom. The van der Waals surface area contributed by atoms with Gasteiger partial charge < -0.3 is 14.8 Å². The van der Waals surface area contributed by atoms with Crippen LogP contribution in [0.15, 0.2) is 55.1 Å². The standard InChI is InChI=1S/C19H19N3O4/c1-12(14-6-5-7-15(10-14)20-13(2)23)21-22-19(24)18-11-25-16-8-3-4-9-17(16)26-18/h3-10,18,21H,1,11H2,2H3,(H,20,23)(H,22,24)/t18-/m1/s1. The molecule has 2 aromatic rings. The Hall–Kier alpha value is -3.48. The van der Waals surface area contributed by atoms with Gasteiger partial charge in [0.05, 0.1) is 5.70 Å². The maximum Gasteiger partial charge on any atom is 0.282 e. The van der Waals surface area contributed by atoms with E-state index in [4.69, 9.17) is 9.47 Å². The molecule has 3 rings (SSSR count). The number of hydrogen-bond acceptors (Lipinski definition) is 5. The van der Waals surface area contributed by atoms with Gasteiger partial charge in [-0.2, -0.15) is 0 Å². The van der Waals surface area contributed by atoms with Crippen LogP contribution in [-0.2, 0) is 9.59 Å². The summed E-state index contributed by atoms with van der Waals surface area (Å²) in [5, 5.41) is 2.69. The number of nitrogens with one attached hydrogen (secondary N) is 3. The first-order valence-corrected chi connectivity index (χ1v) is 8.04. The molecule has 7 nitrogen and oxygen atoms in total. The van der Waals surface area contributed by atoms with E-state index in [1.807, 2.05) is 18.2 Å². The molecule has 1 heterocycles. The predicted octanol–water partition coefficient (Wildman–Crippen LogP) is 2.08. The van der Waals surface area contributed by atoms with Gasteiger partial charge in [-0.15, -0.1) is 0 Å². The Labute approximate surface area is 151 Å². The second kappa shape index (κ2) is 7.60. The molecule has 2 aromatic carbocycles. The van der Waals surface area contributed by atoms with E-state index in [2.05, 4.69) is 22.7 Å². The van der Waals surface area contributed by atoms with Gasteiger partial charge >= 0.3 is 0 Å². The van der Waals surface area contributed by atoms with Gasteiger partial charge in [0.2, 0.25) is 12.0 Å². The summed E-state index contributed by atoms with van der Waals surface area (Å²) in [5.41, 5.74) is 7.16. The van der Waals surface area contributed by atoms with Crippen LogP contribution < -0.4 is 25.6 Å². The molecule has 0 aromatic heterocycles. The Balaban J connectivity index is 1.56. The van der Waals surface area contributed by atoms with Crippen molar-refractivity contribution in [3.05, 3.63) is 60.7 Å². The molecule has 0 unspecified atom stereocenters. The number of benzene rings is 2.